The second-order valence-electron chi connectivity index (χ2n) is 2.35. The molecule has 0 unspecified atom stereocenters. The molecule has 0 saturated heterocycles. The van der Waals surface area contributed by atoms with E-state index in [-0.39, 0.29) is 40.0 Å². The predicted molar refractivity (Wildman–Crippen MR) is 55.9 cm³/mol. The maximum atomic E-state index is 5.80. The van der Waals surface area contributed by atoms with Crippen molar-refractivity contribution in [2.45, 2.75) is 12.8 Å². The molecule has 68 valence electrons. The van der Waals surface area contributed by atoms with Gasteiger partial charge in [-0.1, -0.05) is 35.7 Å². The van der Waals surface area contributed by atoms with Gasteiger partial charge in [0.25, 0.3) is 0 Å². The summed E-state index contributed by atoms with van der Waals surface area (Å²) >= 11 is 11.5. The Morgan fingerprint density at radius 3 is 2.23 bits per heavy atom. The minimum Gasteiger partial charge on any atom is -1.00 e. The van der Waals surface area contributed by atoms with Crippen molar-refractivity contribution in [1.82, 2.24) is 0 Å². The van der Waals surface area contributed by atoms with Gasteiger partial charge in [0.15, 0.2) is 0 Å². The summed E-state index contributed by atoms with van der Waals surface area (Å²) in [6, 6.07) is 5.67. The zero-order valence-electron chi connectivity index (χ0n) is 7.19. The van der Waals surface area contributed by atoms with Crippen LogP contribution in [-0.4, -0.2) is 23.1 Å². The summed E-state index contributed by atoms with van der Waals surface area (Å²) in [5.74, 6) is 0. The maximum Gasteiger partial charge on any atom is 2.00 e. The van der Waals surface area contributed by atoms with E-state index >= 15 is 0 Å². The van der Waals surface area contributed by atoms with Crippen molar-refractivity contribution in [3.63, 3.8) is 0 Å². The summed E-state index contributed by atoms with van der Waals surface area (Å²) in [7, 11) is 0. The van der Waals surface area contributed by atoms with Crippen molar-refractivity contribution in [3.8, 4) is 0 Å². The minimum absolute atomic E-state index is 0. The third kappa shape index (κ3) is 5.48. The van der Waals surface area contributed by atoms with Gasteiger partial charge >= 0.3 is 23.1 Å². The molecule has 0 radical (unpaired) electrons. The van der Waals surface area contributed by atoms with Gasteiger partial charge in [0, 0.05) is 0 Å². The van der Waals surface area contributed by atoms with Crippen molar-refractivity contribution in [3.05, 3.63) is 40.7 Å². The number of halogens is 3. The molecule has 0 aliphatic carbocycles. The van der Waals surface area contributed by atoms with Crippen LogP contribution in [0.25, 0.3) is 0 Å². The summed E-state index contributed by atoms with van der Waals surface area (Å²) in [6.45, 7) is 3.76. The van der Waals surface area contributed by atoms with Gasteiger partial charge in [-0.05, 0) is 17.7 Å². The third-order valence-corrected chi connectivity index (χ3v) is 2.19. The minimum atomic E-state index is 0. The van der Waals surface area contributed by atoms with Crippen LogP contribution in [0.3, 0.4) is 0 Å². The van der Waals surface area contributed by atoms with Crippen molar-refractivity contribution < 1.29 is 17.0 Å². The molecule has 13 heavy (non-hydrogen) atoms. The van der Waals surface area contributed by atoms with Crippen LogP contribution >= 0.6 is 23.2 Å². The Balaban J connectivity index is 0. The van der Waals surface area contributed by atoms with Crippen molar-refractivity contribution >= 4 is 46.3 Å². The Bertz CT molecular complexity index is 253. The molecule has 0 heterocycles. The van der Waals surface area contributed by atoms with Crippen LogP contribution in [0, 0.1) is 6.92 Å². The number of hydrogen-bond donors (Lipinski definition) is 0. The van der Waals surface area contributed by atoms with Crippen molar-refractivity contribution in [2.75, 3.05) is 0 Å². The van der Waals surface area contributed by atoms with Gasteiger partial charge in [-0.2, -0.15) is 6.42 Å². The van der Waals surface area contributed by atoms with Gasteiger partial charge in [0.1, 0.15) is 0 Å². The third-order valence-electron chi connectivity index (χ3n) is 1.45. The zero-order chi connectivity index (χ0) is 8.27. The molecular formula is C9H9BrCl2Mg. The summed E-state index contributed by atoms with van der Waals surface area (Å²) in [5.41, 5.74) is 1.19. The fourth-order valence-electron chi connectivity index (χ4n) is 0.899. The Morgan fingerprint density at radius 1 is 1.15 bits per heavy atom. The first-order valence-corrected chi connectivity index (χ1v) is 4.23. The van der Waals surface area contributed by atoms with E-state index in [0.29, 0.717) is 10.0 Å². The fraction of sp³-hybridized carbons (Fsp3) is 0.222. The number of hydrogen-bond acceptors (Lipinski definition) is 0. The van der Waals surface area contributed by atoms with Crippen LogP contribution in [-0.2, 0) is 6.42 Å². The number of aryl methyl sites for hydroxylation is 1. The number of rotatable bonds is 2. The van der Waals surface area contributed by atoms with Crippen LogP contribution in [0.4, 0.5) is 0 Å². The smallest absolute Gasteiger partial charge is 1.00 e. The summed E-state index contributed by atoms with van der Waals surface area (Å²) < 4.78 is 0. The van der Waals surface area contributed by atoms with E-state index in [1.807, 2.05) is 18.2 Å². The van der Waals surface area contributed by atoms with Gasteiger partial charge < -0.3 is 23.9 Å². The molecule has 4 heteroatoms. The van der Waals surface area contributed by atoms with E-state index in [1.165, 1.54) is 5.56 Å². The SMILES string of the molecule is [Br-].[CH2-]CCc1ccc(Cl)c(Cl)c1.[Mg+2]. The quantitative estimate of drug-likeness (QED) is 0.546. The molecule has 0 amide bonds. The zero-order valence-corrected chi connectivity index (χ0v) is 11.7. The average Bonchev–Trinajstić information content (AvgIpc) is 1.98. The number of benzene rings is 1. The van der Waals surface area contributed by atoms with Crippen LogP contribution in [0.2, 0.25) is 10.0 Å². The molecule has 0 aliphatic rings. The Kier molecular flexibility index (Phi) is 10.6. The molecule has 0 aliphatic heterocycles. The van der Waals surface area contributed by atoms with Gasteiger partial charge in [0.2, 0.25) is 0 Å². The summed E-state index contributed by atoms with van der Waals surface area (Å²) in [6.07, 6.45) is 1.84. The molecule has 1 rings (SSSR count). The first-order chi connectivity index (χ1) is 5.24. The molecule has 0 spiro atoms. The molecule has 0 atom stereocenters. The Labute approximate surface area is 116 Å². The molecule has 1 aromatic carbocycles. The first-order valence-electron chi connectivity index (χ1n) is 3.47. The van der Waals surface area contributed by atoms with E-state index < -0.39 is 0 Å². The topological polar surface area (TPSA) is 0 Å². The first kappa shape index (κ1) is 16.5. The van der Waals surface area contributed by atoms with Gasteiger partial charge in [0.05, 0.1) is 10.0 Å². The van der Waals surface area contributed by atoms with Crippen LogP contribution in [0.5, 0.6) is 0 Å². The summed E-state index contributed by atoms with van der Waals surface area (Å²) in [5, 5.41) is 1.23. The van der Waals surface area contributed by atoms with Crippen molar-refractivity contribution in [1.29, 1.82) is 0 Å². The molecule has 1 aromatic rings. The van der Waals surface area contributed by atoms with Crippen molar-refractivity contribution in [2.24, 2.45) is 0 Å². The Morgan fingerprint density at radius 2 is 1.77 bits per heavy atom. The van der Waals surface area contributed by atoms with E-state index in [9.17, 15) is 0 Å². The van der Waals surface area contributed by atoms with Crippen LogP contribution in [0.1, 0.15) is 12.0 Å². The van der Waals surface area contributed by atoms with E-state index in [1.54, 1.807) is 0 Å². The van der Waals surface area contributed by atoms with Gasteiger partial charge in [-0.15, -0.1) is 0 Å². The second kappa shape index (κ2) is 8.36. The molecule has 0 saturated carbocycles. The Hall–Kier alpha value is 1.05. The molecule has 0 nitrogen and oxygen atoms in total. The molecule has 0 bridgehead atoms. The fourth-order valence-corrected chi connectivity index (χ4v) is 1.22. The molecule has 0 fully saturated rings. The van der Waals surface area contributed by atoms with E-state index in [2.05, 4.69) is 6.92 Å². The molecular weight excluding hydrogens is 283 g/mol. The second-order valence-corrected chi connectivity index (χ2v) is 3.17. The van der Waals surface area contributed by atoms with Crippen LogP contribution < -0.4 is 17.0 Å². The monoisotopic (exact) mass is 290 g/mol. The standard InChI is InChI=1S/C9H9Cl2.BrH.Mg/c1-2-3-7-4-5-8(10)9(11)6-7;;/h4-6H,1-3H2;1H;/q-1;;+2/p-1. The van der Waals surface area contributed by atoms with E-state index in [4.69, 9.17) is 23.2 Å². The molecule has 0 aromatic heterocycles. The van der Waals surface area contributed by atoms with Crippen LogP contribution in [0.15, 0.2) is 18.2 Å². The molecule has 0 N–H and O–H groups in total. The maximum absolute atomic E-state index is 5.80. The summed E-state index contributed by atoms with van der Waals surface area (Å²) in [4.78, 5) is 0. The normalized spacial score (nSPS) is 8.54. The van der Waals surface area contributed by atoms with Gasteiger partial charge in [-0.3, -0.25) is 0 Å². The van der Waals surface area contributed by atoms with Gasteiger partial charge in [-0.25, -0.2) is 0 Å². The van der Waals surface area contributed by atoms with E-state index in [0.717, 1.165) is 12.8 Å². The largest absolute Gasteiger partial charge is 2.00 e. The average molecular weight is 292 g/mol. The predicted octanol–water partition coefficient (Wildman–Crippen LogP) is 0.383.